The number of hydrogen-bond acceptors (Lipinski definition) is 3. The van der Waals surface area contributed by atoms with Crippen LogP contribution in [0.15, 0.2) is 24.5 Å². The molecule has 0 aliphatic heterocycles. The van der Waals surface area contributed by atoms with Crippen LogP contribution in [0.4, 0.5) is 4.39 Å². The molecule has 0 atom stereocenters. The Labute approximate surface area is 123 Å². The van der Waals surface area contributed by atoms with E-state index in [0.29, 0.717) is 29.6 Å². The summed E-state index contributed by atoms with van der Waals surface area (Å²) in [6.45, 7) is 6.25. The van der Waals surface area contributed by atoms with Gasteiger partial charge in [-0.2, -0.15) is 5.10 Å². The first-order chi connectivity index (χ1) is 9.54. The minimum Gasteiger partial charge on any atom is -0.310 e. The average Bonchev–Trinajstić information content (AvgIpc) is 2.81. The fourth-order valence-electron chi connectivity index (χ4n) is 1.80. The summed E-state index contributed by atoms with van der Waals surface area (Å²) in [5.74, 6) is 1.00. The Hall–Kier alpha value is -1.46. The zero-order chi connectivity index (χ0) is 14.5. The summed E-state index contributed by atoms with van der Waals surface area (Å²) >= 11 is 6.03. The second kappa shape index (κ2) is 6.81. The van der Waals surface area contributed by atoms with Gasteiger partial charge in [0.2, 0.25) is 0 Å². The van der Waals surface area contributed by atoms with Gasteiger partial charge in [-0.15, -0.1) is 0 Å². The molecule has 2 rings (SSSR count). The summed E-state index contributed by atoms with van der Waals surface area (Å²) in [5, 5.41) is 8.14. The van der Waals surface area contributed by atoms with Crippen LogP contribution in [0.2, 0.25) is 5.02 Å². The van der Waals surface area contributed by atoms with Crippen molar-refractivity contribution in [1.29, 1.82) is 0 Å². The van der Waals surface area contributed by atoms with Gasteiger partial charge in [0.25, 0.3) is 0 Å². The molecule has 0 spiro atoms. The number of rotatable bonds is 6. The molecule has 4 nitrogen and oxygen atoms in total. The Morgan fingerprint density at radius 1 is 1.40 bits per heavy atom. The predicted octanol–water partition coefficient (Wildman–Crippen LogP) is 2.86. The maximum Gasteiger partial charge on any atom is 0.164 e. The Morgan fingerprint density at radius 3 is 2.95 bits per heavy atom. The number of hydrogen-bond donors (Lipinski definition) is 1. The molecule has 0 aliphatic carbocycles. The van der Waals surface area contributed by atoms with Crippen LogP contribution in [0.3, 0.4) is 0 Å². The quantitative estimate of drug-likeness (QED) is 0.891. The first-order valence-electron chi connectivity index (χ1n) is 6.57. The van der Waals surface area contributed by atoms with E-state index in [9.17, 15) is 4.39 Å². The molecule has 108 valence electrons. The lowest BCUT2D eigenvalue weighted by atomic mass is 10.2. The molecule has 1 N–H and O–H groups in total. The van der Waals surface area contributed by atoms with E-state index in [0.717, 1.165) is 12.4 Å². The molecule has 1 aromatic carbocycles. The van der Waals surface area contributed by atoms with Crippen LogP contribution in [0.5, 0.6) is 0 Å². The summed E-state index contributed by atoms with van der Waals surface area (Å²) in [6, 6.07) is 4.31. The van der Waals surface area contributed by atoms with Gasteiger partial charge in [0, 0.05) is 5.02 Å². The van der Waals surface area contributed by atoms with Gasteiger partial charge in [0.15, 0.2) is 5.82 Å². The van der Waals surface area contributed by atoms with Crippen molar-refractivity contribution in [3.05, 3.63) is 46.8 Å². The number of nitrogens with one attached hydrogen (secondary N) is 1. The lowest BCUT2D eigenvalue weighted by molar-refractivity contribution is 0.539. The summed E-state index contributed by atoms with van der Waals surface area (Å²) in [5.41, 5.74) is 0.693. The molecule has 0 amide bonds. The highest BCUT2D eigenvalue weighted by molar-refractivity contribution is 6.31. The second-order valence-corrected chi connectivity index (χ2v) is 5.53. The van der Waals surface area contributed by atoms with Gasteiger partial charge in [0.05, 0.1) is 13.1 Å². The van der Waals surface area contributed by atoms with Crippen molar-refractivity contribution in [1.82, 2.24) is 20.1 Å². The van der Waals surface area contributed by atoms with Crippen molar-refractivity contribution < 1.29 is 4.39 Å². The minimum absolute atomic E-state index is 0.302. The normalized spacial score (nSPS) is 11.2. The SMILES string of the molecule is CC(C)CNCc1ncn(Cc2cc(F)ccc2Cl)n1. The Balaban J connectivity index is 1.97. The fraction of sp³-hybridized carbons (Fsp3) is 0.429. The Kier molecular flexibility index (Phi) is 5.09. The van der Waals surface area contributed by atoms with Gasteiger partial charge in [0.1, 0.15) is 12.1 Å². The third kappa shape index (κ3) is 4.28. The van der Waals surface area contributed by atoms with E-state index in [2.05, 4.69) is 29.2 Å². The van der Waals surface area contributed by atoms with Crippen LogP contribution in [0.1, 0.15) is 25.2 Å². The zero-order valence-corrected chi connectivity index (χ0v) is 12.4. The van der Waals surface area contributed by atoms with Crippen molar-refractivity contribution in [2.24, 2.45) is 5.92 Å². The van der Waals surface area contributed by atoms with Crippen LogP contribution < -0.4 is 5.32 Å². The topological polar surface area (TPSA) is 42.7 Å². The van der Waals surface area contributed by atoms with Crippen molar-refractivity contribution >= 4 is 11.6 Å². The van der Waals surface area contributed by atoms with E-state index in [1.54, 1.807) is 17.1 Å². The monoisotopic (exact) mass is 296 g/mol. The molecular formula is C14H18ClFN4. The highest BCUT2D eigenvalue weighted by Crippen LogP contribution is 2.17. The number of aromatic nitrogens is 3. The zero-order valence-electron chi connectivity index (χ0n) is 11.6. The van der Waals surface area contributed by atoms with Gasteiger partial charge in [-0.25, -0.2) is 14.1 Å². The Morgan fingerprint density at radius 2 is 2.20 bits per heavy atom. The molecule has 6 heteroatoms. The molecule has 0 bridgehead atoms. The van der Waals surface area contributed by atoms with Crippen LogP contribution in [0.25, 0.3) is 0 Å². The van der Waals surface area contributed by atoms with Gasteiger partial charge in [-0.1, -0.05) is 25.4 Å². The second-order valence-electron chi connectivity index (χ2n) is 5.12. The van der Waals surface area contributed by atoms with Crippen LogP contribution >= 0.6 is 11.6 Å². The molecule has 0 radical (unpaired) electrons. The molecule has 0 aliphatic rings. The van der Waals surface area contributed by atoms with E-state index in [4.69, 9.17) is 11.6 Å². The van der Waals surface area contributed by atoms with Crippen LogP contribution in [0, 0.1) is 11.7 Å². The standard InChI is InChI=1S/C14H18ClFN4/c1-10(2)6-17-7-14-18-9-20(19-14)8-11-5-12(16)3-4-13(11)15/h3-5,9-10,17H,6-8H2,1-2H3. The molecule has 2 aromatic rings. The largest absolute Gasteiger partial charge is 0.310 e. The number of benzene rings is 1. The Bertz CT molecular complexity index is 568. The first-order valence-corrected chi connectivity index (χ1v) is 6.95. The molecule has 0 fully saturated rings. The number of nitrogens with zero attached hydrogens (tertiary/aromatic N) is 3. The van der Waals surface area contributed by atoms with Crippen molar-refractivity contribution in [3.63, 3.8) is 0 Å². The molecule has 0 saturated heterocycles. The van der Waals surface area contributed by atoms with Crippen LogP contribution in [-0.2, 0) is 13.1 Å². The summed E-state index contributed by atoms with van der Waals surface area (Å²) in [4.78, 5) is 4.21. The highest BCUT2D eigenvalue weighted by Gasteiger charge is 2.06. The van der Waals surface area contributed by atoms with E-state index in [-0.39, 0.29) is 5.82 Å². The molecular weight excluding hydrogens is 279 g/mol. The summed E-state index contributed by atoms with van der Waals surface area (Å²) < 4.78 is 14.8. The minimum atomic E-state index is -0.302. The smallest absolute Gasteiger partial charge is 0.164 e. The lowest BCUT2D eigenvalue weighted by Gasteiger charge is -2.05. The molecule has 0 saturated carbocycles. The first kappa shape index (κ1) is 14.9. The van der Waals surface area contributed by atoms with E-state index in [1.807, 2.05) is 0 Å². The molecule has 0 unspecified atom stereocenters. The lowest BCUT2D eigenvalue weighted by Crippen LogP contribution is -2.19. The predicted molar refractivity (Wildman–Crippen MR) is 77.1 cm³/mol. The van der Waals surface area contributed by atoms with Crippen molar-refractivity contribution in [2.75, 3.05) is 6.54 Å². The maximum absolute atomic E-state index is 13.2. The summed E-state index contributed by atoms with van der Waals surface area (Å²) in [6.07, 6.45) is 1.63. The van der Waals surface area contributed by atoms with Gasteiger partial charge in [-0.3, -0.25) is 0 Å². The third-order valence-electron chi connectivity index (χ3n) is 2.76. The molecule has 1 aromatic heterocycles. The van der Waals surface area contributed by atoms with Gasteiger partial charge >= 0.3 is 0 Å². The highest BCUT2D eigenvalue weighted by atomic mass is 35.5. The van der Waals surface area contributed by atoms with Gasteiger partial charge in [-0.05, 0) is 36.2 Å². The number of halogens is 2. The van der Waals surface area contributed by atoms with E-state index >= 15 is 0 Å². The van der Waals surface area contributed by atoms with E-state index < -0.39 is 0 Å². The third-order valence-corrected chi connectivity index (χ3v) is 3.13. The summed E-state index contributed by atoms with van der Waals surface area (Å²) in [7, 11) is 0. The average molecular weight is 297 g/mol. The van der Waals surface area contributed by atoms with Crippen molar-refractivity contribution in [3.8, 4) is 0 Å². The van der Waals surface area contributed by atoms with E-state index in [1.165, 1.54) is 12.1 Å². The van der Waals surface area contributed by atoms with Gasteiger partial charge < -0.3 is 5.32 Å². The molecule has 1 heterocycles. The van der Waals surface area contributed by atoms with Crippen LogP contribution in [-0.4, -0.2) is 21.3 Å². The van der Waals surface area contributed by atoms with Crippen molar-refractivity contribution in [2.45, 2.75) is 26.9 Å². The molecule has 20 heavy (non-hydrogen) atoms. The maximum atomic E-state index is 13.2. The fourth-order valence-corrected chi connectivity index (χ4v) is 1.98.